The maximum atomic E-state index is 16.1. The van der Waals surface area contributed by atoms with Crippen LogP contribution in [0.5, 0.6) is 0 Å². The number of fused-ring (bicyclic) bond motifs is 4. The first kappa shape index (κ1) is 45.1. The molecule has 4 rings (SSSR count). The molecule has 0 heterocycles. The predicted molar refractivity (Wildman–Crippen MR) is 136 cm³/mol. The van der Waals surface area contributed by atoms with Gasteiger partial charge in [0, 0.05) is 18.3 Å². The Morgan fingerprint density at radius 3 is 1.35 bits per heavy atom. The van der Waals surface area contributed by atoms with Gasteiger partial charge in [-0.3, -0.25) is 0 Å². The second kappa shape index (κ2) is 12.9. The van der Waals surface area contributed by atoms with Gasteiger partial charge in [0.25, 0.3) is 22.7 Å². The quantitative estimate of drug-likeness (QED) is 0.170. The maximum absolute atomic E-state index is 16.1. The average Bonchev–Trinajstić information content (AvgIpc) is 3.64. The smallest absolute Gasteiger partial charge is 0.374 e. The van der Waals surface area contributed by atoms with Crippen LogP contribution in [0.25, 0.3) is 0 Å². The Morgan fingerprint density at radius 1 is 0.556 bits per heavy atom. The maximum Gasteiger partial charge on any atom is 0.426 e. The highest BCUT2D eigenvalue weighted by Crippen LogP contribution is 2.69. The molecule has 2 N–H and O–H groups in total. The lowest BCUT2D eigenvalue weighted by molar-refractivity contribution is -0.409. The van der Waals surface area contributed by atoms with Crippen molar-refractivity contribution in [3.8, 4) is 0 Å². The number of hydrogen-bond donors (Lipinski definition) is 2. The van der Waals surface area contributed by atoms with Gasteiger partial charge < -0.3 is 19.7 Å². The van der Waals surface area contributed by atoms with Crippen molar-refractivity contribution in [3.63, 3.8) is 0 Å². The Hall–Kier alpha value is -1.63. The van der Waals surface area contributed by atoms with E-state index in [9.17, 15) is 89.2 Å². The molecule has 10 atom stereocenters. The number of hydrogen-bond acceptors (Lipinski definition) is 4. The molecule has 0 aromatic carbocycles. The molecule has 0 aromatic heterocycles. The zero-order valence-electron chi connectivity index (χ0n) is 27.3. The molecule has 0 aromatic rings. The normalized spacial score (nSPS) is 35.4. The van der Waals surface area contributed by atoms with Gasteiger partial charge in [-0.25, -0.2) is 13.2 Å². The Balaban J connectivity index is 1.69. The van der Waals surface area contributed by atoms with Crippen LogP contribution >= 0.6 is 0 Å². The topological polar surface area (TPSA) is 58.9 Å². The zero-order chi connectivity index (χ0) is 42.1. The van der Waals surface area contributed by atoms with Crippen LogP contribution in [0.4, 0.5) is 92.2 Å². The first-order valence-electron chi connectivity index (χ1n) is 15.9. The molecule has 318 valence electrons. The van der Waals surface area contributed by atoms with Gasteiger partial charge >= 0.3 is 37.1 Å². The van der Waals surface area contributed by atoms with E-state index in [0.717, 1.165) is 6.92 Å². The molecule has 0 radical (unpaired) electrons. The van der Waals surface area contributed by atoms with Crippen molar-refractivity contribution in [2.75, 3.05) is 6.79 Å². The number of halogens is 21. The van der Waals surface area contributed by atoms with Crippen molar-refractivity contribution >= 4 is 0 Å². The van der Waals surface area contributed by atoms with Gasteiger partial charge in [0.2, 0.25) is 0 Å². The van der Waals surface area contributed by atoms with E-state index in [0.29, 0.717) is 0 Å². The molecule has 10 unspecified atom stereocenters. The lowest BCUT2D eigenvalue weighted by Crippen LogP contribution is -2.66. The first-order chi connectivity index (χ1) is 23.8. The molecule has 4 fully saturated rings. The van der Waals surface area contributed by atoms with E-state index in [1.807, 2.05) is 0 Å². The summed E-state index contributed by atoms with van der Waals surface area (Å²) in [5.41, 5.74) is -21.9. The Labute approximate surface area is 290 Å². The van der Waals surface area contributed by atoms with Gasteiger partial charge in [-0.15, -0.1) is 0 Å². The van der Waals surface area contributed by atoms with Crippen LogP contribution in [0, 0.1) is 47.3 Å². The summed E-state index contributed by atoms with van der Waals surface area (Å²) in [5, 5.41) is 19.5. The largest absolute Gasteiger partial charge is 0.426 e. The average molecular weight is 843 g/mol. The molecule has 4 aliphatic rings. The second-order valence-corrected chi connectivity index (χ2v) is 15.0. The summed E-state index contributed by atoms with van der Waals surface area (Å²) in [6, 6.07) is 0. The molecule has 4 bridgehead atoms. The van der Waals surface area contributed by atoms with Crippen molar-refractivity contribution < 1.29 is 112 Å². The van der Waals surface area contributed by atoms with Crippen molar-refractivity contribution in [2.24, 2.45) is 47.3 Å². The Bertz CT molecular complexity index is 1320. The lowest BCUT2D eigenvalue weighted by atomic mass is 9.67. The van der Waals surface area contributed by atoms with Gasteiger partial charge in [-0.05, 0) is 67.6 Å². The molecule has 0 aliphatic heterocycles. The van der Waals surface area contributed by atoms with Gasteiger partial charge in [-0.2, -0.15) is 79.0 Å². The third-order valence-corrected chi connectivity index (χ3v) is 12.5. The van der Waals surface area contributed by atoms with E-state index in [-0.39, 0.29) is 0 Å². The van der Waals surface area contributed by atoms with Crippen LogP contribution in [-0.2, 0) is 9.47 Å². The van der Waals surface area contributed by atoms with Gasteiger partial charge in [0.1, 0.15) is 6.79 Å². The summed E-state index contributed by atoms with van der Waals surface area (Å²) < 4.78 is 304. The molecular weight excluding hydrogens is 811 g/mol. The molecule has 0 amide bonds. The lowest BCUT2D eigenvalue weighted by Gasteiger charge is -2.48. The summed E-state index contributed by atoms with van der Waals surface area (Å²) in [6.45, 7) is -0.0601. The minimum atomic E-state index is -6.77. The molecule has 4 aliphatic carbocycles. The van der Waals surface area contributed by atoms with Crippen LogP contribution in [0.2, 0.25) is 0 Å². The highest BCUT2D eigenvalue weighted by Gasteiger charge is 2.83. The molecular formula is C29H31F21O4. The SMILES string of the molecule is CC1C(C)C2CC1C(F)(F)C2(F)CC(OCOC1CC2CC1C(CC(O)(C(F)(F)F)C(F)(F)F)C2CC(O)(C(F)(F)F)C(F)(F)F)(C(F)(F)F)C(F)(F)F. The standard InChI is InChI=1S/C29H31F21O4/c1-10-11(2)17-5-16(10)19(30,23(17,31)32)8-22(28(45,46)47,29(48,49)50)54-9-53-18-4-12-3-13(18)15(7-21(52,26(39,40)41)27(42,43)44)14(12)6-20(51,24(33,34)35)25(36,37)38/h10-18,51-52H,3-9H2,1-2H3. The number of aliphatic hydroxyl groups is 2. The third-order valence-electron chi connectivity index (χ3n) is 12.5. The predicted octanol–water partition coefficient (Wildman–Crippen LogP) is 9.63. The molecule has 0 spiro atoms. The third kappa shape index (κ3) is 6.60. The Morgan fingerprint density at radius 2 is 0.963 bits per heavy atom. The highest BCUT2D eigenvalue weighted by atomic mass is 19.4. The van der Waals surface area contributed by atoms with E-state index in [2.05, 4.69) is 4.74 Å². The van der Waals surface area contributed by atoms with E-state index < -0.39 is 164 Å². The van der Waals surface area contributed by atoms with Gasteiger partial charge in [0.15, 0.2) is 5.67 Å². The fraction of sp³-hybridized carbons (Fsp3) is 1.00. The molecule has 4 saturated carbocycles. The van der Waals surface area contributed by atoms with Crippen molar-refractivity contribution in [1.82, 2.24) is 0 Å². The van der Waals surface area contributed by atoms with Crippen molar-refractivity contribution in [2.45, 2.75) is 124 Å². The van der Waals surface area contributed by atoms with E-state index in [4.69, 9.17) is 4.74 Å². The van der Waals surface area contributed by atoms with Crippen molar-refractivity contribution in [1.29, 1.82) is 0 Å². The summed E-state index contributed by atoms with van der Waals surface area (Å²) in [4.78, 5) is 0. The first-order valence-corrected chi connectivity index (χ1v) is 15.9. The zero-order valence-corrected chi connectivity index (χ0v) is 27.3. The van der Waals surface area contributed by atoms with Crippen molar-refractivity contribution in [3.05, 3.63) is 0 Å². The summed E-state index contributed by atoms with van der Waals surface area (Å²) in [6.07, 6.45) is -53.8. The van der Waals surface area contributed by atoms with Crippen LogP contribution in [-0.4, -0.2) is 88.6 Å². The van der Waals surface area contributed by atoms with Crippen LogP contribution < -0.4 is 0 Å². The fourth-order valence-electron chi connectivity index (χ4n) is 9.30. The van der Waals surface area contributed by atoms with E-state index in [1.54, 1.807) is 0 Å². The highest BCUT2D eigenvalue weighted by molar-refractivity contribution is 5.20. The van der Waals surface area contributed by atoms with E-state index in [1.165, 1.54) is 6.92 Å². The summed E-state index contributed by atoms with van der Waals surface area (Å²) in [7, 11) is 0. The summed E-state index contributed by atoms with van der Waals surface area (Å²) >= 11 is 0. The molecule has 54 heavy (non-hydrogen) atoms. The minimum absolute atomic E-state index is 0.818. The van der Waals surface area contributed by atoms with Gasteiger partial charge in [0.05, 0.1) is 6.10 Å². The van der Waals surface area contributed by atoms with Crippen LogP contribution in [0.1, 0.15) is 52.4 Å². The monoisotopic (exact) mass is 842 g/mol. The molecule has 25 heteroatoms. The number of alkyl halides is 21. The van der Waals surface area contributed by atoms with Crippen LogP contribution in [0.15, 0.2) is 0 Å². The van der Waals surface area contributed by atoms with Crippen LogP contribution in [0.3, 0.4) is 0 Å². The summed E-state index contributed by atoms with van der Waals surface area (Å²) in [5.74, 6) is -20.5. The number of rotatable bonds is 10. The molecule has 0 saturated heterocycles. The minimum Gasteiger partial charge on any atom is -0.374 e. The Kier molecular flexibility index (Phi) is 10.8. The van der Waals surface area contributed by atoms with E-state index >= 15 is 13.2 Å². The fourth-order valence-corrected chi connectivity index (χ4v) is 9.30. The van der Waals surface area contributed by atoms with Gasteiger partial charge in [-0.1, -0.05) is 13.8 Å². The molecule has 4 nitrogen and oxygen atoms in total. The second-order valence-electron chi connectivity index (χ2n) is 15.0. The number of ether oxygens (including phenoxy) is 2.